The molecule has 2 N–H and O–H groups in total. The first-order valence-corrected chi connectivity index (χ1v) is 5.18. The third-order valence-electron chi connectivity index (χ3n) is 2.29. The standard InChI is InChI=1S/C12H17F2NO2/c1-12(2,15)6-7-10(14)8(13)5-9(16-3)11(7)17-4/h5H,6,15H2,1-4H3. The number of rotatable bonds is 4. The van der Waals surface area contributed by atoms with Crippen molar-refractivity contribution in [2.24, 2.45) is 5.73 Å². The fourth-order valence-electron chi connectivity index (χ4n) is 1.63. The van der Waals surface area contributed by atoms with Crippen LogP contribution in [0.2, 0.25) is 0 Å². The SMILES string of the molecule is COc1cc(F)c(F)c(CC(C)(C)N)c1OC. The van der Waals surface area contributed by atoms with Crippen LogP contribution in [0.25, 0.3) is 0 Å². The summed E-state index contributed by atoms with van der Waals surface area (Å²) in [4.78, 5) is 0. The summed E-state index contributed by atoms with van der Waals surface area (Å²) in [7, 11) is 2.74. The van der Waals surface area contributed by atoms with Crippen LogP contribution in [0.15, 0.2) is 6.07 Å². The van der Waals surface area contributed by atoms with E-state index < -0.39 is 17.2 Å². The lowest BCUT2D eigenvalue weighted by molar-refractivity contribution is 0.337. The van der Waals surface area contributed by atoms with Crippen LogP contribution in [0.4, 0.5) is 8.78 Å². The van der Waals surface area contributed by atoms with E-state index in [4.69, 9.17) is 15.2 Å². The molecule has 0 fully saturated rings. The Bertz CT molecular complexity index is 414. The van der Waals surface area contributed by atoms with E-state index >= 15 is 0 Å². The molecule has 0 aliphatic carbocycles. The molecule has 96 valence electrons. The fraction of sp³-hybridized carbons (Fsp3) is 0.500. The molecule has 0 saturated carbocycles. The summed E-state index contributed by atoms with van der Waals surface area (Å²) in [5.74, 6) is -1.57. The van der Waals surface area contributed by atoms with Gasteiger partial charge in [0.25, 0.3) is 0 Å². The summed E-state index contributed by atoms with van der Waals surface area (Å²) < 4.78 is 37.1. The van der Waals surface area contributed by atoms with E-state index in [0.717, 1.165) is 6.07 Å². The molecule has 0 amide bonds. The molecule has 0 aliphatic heterocycles. The molecule has 0 saturated heterocycles. The van der Waals surface area contributed by atoms with Crippen molar-refractivity contribution in [3.8, 4) is 11.5 Å². The van der Waals surface area contributed by atoms with E-state index in [2.05, 4.69) is 0 Å². The van der Waals surface area contributed by atoms with E-state index in [1.54, 1.807) is 13.8 Å². The van der Waals surface area contributed by atoms with Gasteiger partial charge in [-0.3, -0.25) is 0 Å². The van der Waals surface area contributed by atoms with Crippen molar-refractivity contribution < 1.29 is 18.3 Å². The van der Waals surface area contributed by atoms with Crippen LogP contribution < -0.4 is 15.2 Å². The van der Waals surface area contributed by atoms with Crippen molar-refractivity contribution >= 4 is 0 Å². The highest BCUT2D eigenvalue weighted by atomic mass is 19.2. The Morgan fingerprint density at radius 3 is 2.24 bits per heavy atom. The van der Waals surface area contributed by atoms with Crippen molar-refractivity contribution in [1.29, 1.82) is 0 Å². The molecule has 0 unspecified atom stereocenters. The first-order valence-electron chi connectivity index (χ1n) is 5.18. The molecule has 0 spiro atoms. The van der Waals surface area contributed by atoms with Gasteiger partial charge in [0.2, 0.25) is 0 Å². The number of ether oxygens (including phenoxy) is 2. The summed E-state index contributed by atoms with van der Waals surface area (Å²) in [6.07, 6.45) is 0.149. The van der Waals surface area contributed by atoms with Crippen LogP contribution in [-0.2, 0) is 6.42 Å². The predicted octanol–water partition coefficient (Wildman–Crippen LogP) is 2.26. The summed E-state index contributed by atoms with van der Waals surface area (Å²) in [6, 6.07) is 0.960. The van der Waals surface area contributed by atoms with Crippen LogP contribution >= 0.6 is 0 Å². The van der Waals surface area contributed by atoms with Gasteiger partial charge in [-0.15, -0.1) is 0 Å². The van der Waals surface area contributed by atoms with Crippen LogP contribution in [0.5, 0.6) is 11.5 Å². The number of nitrogens with two attached hydrogens (primary N) is 1. The largest absolute Gasteiger partial charge is 0.493 e. The second-order valence-corrected chi connectivity index (χ2v) is 4.55. The molecule has 5 heteroatoms. The van der Waals surface area contributed by atoms with Crippen LogP contribution in [0.3, 0.4) is 0 Å². The predicted molar refractivity (Wildman–Crippen MR) is 61.4 cm³/mol. The first-order chi connectivity index (χ1) is 7.80. The van der Waals surface area contributed by atoms with Crippen molar-refractivity contribution in [2.45, 2.75) is 25.8 Å². The summed E-state index contributed by atoms with van der Waals surface area (Å²) in [5, 5.41) is 0. The highest BCUT2D eigenvalue weighted by molar-refractivity contribution is 5.48. The Morgan fingerprint density at radius 2 is 1.82 bits per heavy atom. The number of benzene rings is 1. The Morgan fingerprint density at radius 1 is 1.24 bits per heavy atom. The van der Waals surface area contributed by atoms with Gasteiger partial charge in [-0.05, 0) is 20.3 Å². The van der Waals surface area contributed by atoms with Gasteiger partial charge in [0.15, 0.2) is 23.1 Å². The van der Waals surface area contributed by atoms with Crippen molar-refractivity contribution in [3.63, 3.8) is 0 Å². The van der Waals surface area contributed by atoms with Crippen LogP contribution in [0.1, 0.15) is 19.4 Å². The fourth-order valence-corrected chi connectivity index (χ4v) is 1.63. The quantitative estimate of drug-likeness (QED) is 0.885. The van der Waals surface area contributed by atoms with E-state index in [9.17, 15) is 8.78 Å². The molecule has 0 atom stereocenters. The number of halogens is 2. The highest BCUT2D eigenvalue weighted by Gasteiger charge is 2.24. The minimum Gasteiger partial charge on any atom is -0.493 e. The molecule has 0 aromatic heterocycles. The molecule has 0 heterocycles. The van der Waals surface area contributed by atoms with Gasteiger partial charge >= 0.3 is 0 Å². The smallest absolute Gasteiger partial charge is 0.167 e. The molecule has 1 aromatic rings. The monoisotopic (exact) mass is 245 g/mol. The summed E-state index contributed by atoms with van der Waals surface area (Å²) in [6.45, 7) is 3.45. The molecule has 0 bridgehead atoms. The lowest BCUT2D eigenvalue weighted by Gasteiger charge is -2.21. The number of hydrogen-bond acceptors (Lipinski definition) is 3. The average molecular weight is 245 g/mol. The first kappa shape index (κ1) is 13.7. The van der Waals surface area contributed by atoms with E-state index in [1.165, 1.54) is 14.2 Å². The molecular weight excluding hydrogens is 228 g/mol. The third kappa shape index (κ3) is 3.06. The van der Waals surface area contributed by atoms with E-state index in [1.807, 2.05) is 0 Å². The Hall–Kier alpha value is -1.36. The lowest BCUT2D eigenvalue weighted by atomic mass is 9.94. The van der Waals surface area contributed by atoms with Gasteiger partial charge in [-0.1, -0.05) is 0 Å². The molecule has 1 aromatic carbocycles. The number of hydrogen-bond donors (Lipinski definition) is 1. The third-order valence-corrected chi connectivity index (χ3v) is 2.29. The zero-order valence-electron chi connectivity index (χ0n) is 10.4. The van der Waals surface area contributed by atoms with E-state index in [-0.39, 0.29) is 23.5 Å². The molecule has 0 aliphatic rings. The lowest BCUT2D eigenvalue weighted by Crippen LogP contribution is -2.35. The van der Waals surface area contributed by atoms with Crippen LogP contribution in [-0.4, -0.2) is 19.8 Å². The van der Waals surface area contributed by atoms with Gasteiger partial charge in [0.1, 0.15) is 0 Å². The van der Waals surface area contributed by atoms with Gasteiger partial charge in [-0.25, -0.2) is 8.78 Å². The number of methoxy groups -OCH3 is 2. The minimum atomic E-state index is -0.970. The molecule has 1 rings (SSSR count). The maximum Gasteiger partial charge on any atom is 0.167 e. The Balaban J connectivity index is 3.38. The van der Waals surface area contributed by atoms with Crippen LogP contribution in [0, 0.1) is 11.6 Å². The van der Waals surface area contributed by atoms with Gasteiger partial charge in [0.05, 0.1) is 14.2 Å². The second-order valence-electron chi connectivity index (χ2n) is 4.55. The van der Waals surface area contributed by atoms with Gasteiger partial charge < -0.3 is 15.2 Å². The minimum absolute atomic E-state index is 0.0943. The topological polar surface area (TPSA) is 44.5 Å². The Labute approximate surface area is 99.5 Å². The zero-order chi connectivity index (χ0) is 13.2. The van der Waals surface area contributed by atoms with Crippen molar-refractivity contribution in [1.82, 2.24) is 0 Å². The van der Waals surface area contributed by atoms with Crippen molar-refractivity contribution in [3.05, 3.63) is 23.3 Å². The maximum atomic E-state index is 13.7. The molecule has 3 nitrogen and oxygen atoms in total. The summed E-state index contributed by atoms with van der Waals surface area (Å²) >= 11 is 0. The summed E-state index contributed by atoms with van der Waals surface area (Å²) in [5.41, 5.74) is 5.24. The molecule has 17 heavy (non-hydrogen) atoms. The van der Waals surface area contributed by atoms with Crippen molar-refractivity contribution in [2.75, 3.05) is 14.2 Å². The van der Waals surface area contributed by atoms with Gasteiger partial charge in [-0.2, -0.15) is 0 Å². The highest BCUT2D eigenvalue weighted by Crippen LogP contribution is 2.36. The molecule has 0 radical (unpaired) electrons. The normalized spacial score (nSPS) is 11.5. The molecular formula is C12H17F2NO2. The van der Waals surface area contributed by atoms with E-state index in [0.29, 0.717) is 0 Å². The maximum absolute atomic E-state index is 13.7. The average Bonchev–Trinajstić information content (AvgIpc) is 2.22. The Kier molecular flexibility index (Phi) is 3.93. The zero-order valence-corrected chi connectivity index (χ0v) is 10.4. The second kappa shape index (κ2) is 4.87. The van der Waals surface area contributed by atoms with Gasteiger partial charge in [0, 0.05) is 17.2 Å².